The number of aliphatic hydroxyl groups is 4. The number of ether oxygens (including phenoxy) is 2. The molecular formula is C10H20O14P2. The third-order valence-electron chi connectivity index (χ3n) is 3.59. The zero-order valence-electron chi connectivity index (χ0n) is 13.3. The van der Waals surface area contributed by atoms with E-state index in [2.05, 4.69) is 13.6 Å². The van der Waals surface area contributed by atoms with Crippen LogP contribution in [0.5, 0.6) is 0 Å². The van der Waals surface area contributed by atoms with E-state index in [1.54, 1.807) is 0 Å². The predicted molar refractivity (Wildman–Crippen MR) is 77.2 cm³/mol. The number of aliphatic hydroxyl groups excluding tert-OH is 3. The van der Waals surface area contributed by atoms with E-state index >= 15 is 0 Å². The van der Waals surface area contributed by atoms with Gasteiger partial charge in [-0.25, -0.2) is 9.13 Å². The molecule has 0 amide bonds. The standard InChI is InChI=1S/C10H20O14P2/c1-19-4-2-20-25(15,16)23-7-5(22-10(14)6(7)11)3-21-26(17,18)24-8(4)9(12)13/h4-14H,2-3H2,1H3,(H,15,16)(H,17,18). The summed E-state index contributed by atoms with van der Waals surface area (Å²) in [5.74, 6) is 0. The van der Waals surface area contributed by atoms with Crippen molar-refractivity contribution in [2.75, 3.05) is 20.3 Å². The first-order valence-corrected chi connectivity index (χ1v) is 10.2. The molecule has 14 nitrogen and oxygen atoms in total. The Balaban J connectivity index is 2.29. The minimum atomic E-state index is -4.91. The second-order valence-corrected chi connectivity index (χ2v) is 8.22. The Hall–Kier alpha value is -0.0200. The van der Waals surface area contributed by atoms with Gasteiger partial charge < -0.3 is 39.7 Å². The Morgan fingerprint density at radius 2 is 1.62 bits per heavy atom. The molecule has 154 valence electrons. The quantitative estimate of drug-likeness (QED) is 0.198. The van der Waals surface area contributed by atoms with Gasteiger partial charge in [0.15, 0.2) is 12.6 Å². The Morgan fingerprint density at radius 3 is 2.19 bits per heavy atom. The molecule has 2 saturated heterocycles. The van der Waals surface area contributed by atoms with E-state index < -0.39 is 72.0 Å². The molecule has 0 aromatic carbocycles. The summed E-state index contributed by atoms with van der Waals surface area (Å²) in [4.78, 5) is 19.5. The van der Waals surface area contributed by atoms with Crippen molar-refractivity contribution in [2.24, 2.45) is 0 Å². The van der Waals surface area contributed by atoms with Gasteiger partial charge in [0.25, 0.3) is 0 Å². The number of fused-ring (bicyclic) bond motifs is 1. The molecule has 0 spiro atoms. The van der Waals surface area contributed by atoms with Crippen molar-refractivity contribution in [1.82, 2.24) is 0 Å². The molecule has 6 N–H and O–H groups in total. The molecule has 2 heterocycles. The van der Waals surface area contributed by atoms with Gasteiger partial charge >= 0.3 is 15.6 Å². The summed E-state index contributed by atoms with van der Waals surface area (Å²) < 4.78 is 52.3. The molecule has 0 radical (unpaired) electrons. The van der Waals surface area contributed by atoms with Crippen LogP contribution in [-0.2, 0) is 36.7 Å². The van der Waals surface area contributed by atoms with Crippen molar-refractivity contribution in [3.05, 3.63) is 0 Å². The van der Waals surface area contributed by atoms with E-state index in [0.717, 1.165) is 7.11 Å². The Kier molecular flexibility index (Phi) is 7.33. The van der Waals surface area contributed by atoms with Crippen LogP contribution in [0.15, 0.2) is 0 Å². The van der Waals surface area contributed by atoms with Crippen molar-refractivity contribution in [3.8, 4) is 0 Å². The van der Waals surface area contributed by atoms with E-state index in [4.69, 9.17) is 14.0 Å². The second kappa shape index (κ2) is 8.55. The number of hydrogen-bond donors (Lipinski definition) is 6. The molecule has 26 heavy (non-hydrogen) atoms. The van der Waals surface area contributed by atoms with Gasteiger partial charge in [-0.3, -0.25) is 18.1 Å². The van der Waals surface area contributed by atoms with Gasteiger partial charge in [0.1, 0.15) is 30.5 Å². The molecule has 2 rings (SSSR count). The van der Waals surface area contributed by atoms with Crippen LogP contribution in [0.25, 0.3) is 0 Å². The largest absolute Gasteiger partial charge is 0.472 e. The number of hydrogen-bond acceptors (Lipinski definition) is 12. The van der Waals surface area contributed by atoms with Gasteiger partial charge in [-0.05, 0) is 0 Å². The van der Waals surface area contributed by atoms with Crippen LogP contribution in [0, 0.1) is 0 Å². The Bertz CT molecular complexity index is 540. The van der Waals surface area contributed by atoms with Crippen LogP contribution in [-0.4, -0.2) is 93.6 Å². The molecule has 2 fully saturated rings. The van der Waals surface area contributed by atoms with Crippen molar-refractivity contribution in [1.29, 1.82) is 0 Å². The summed E-state index contributed by atoms with van der Waals surface area (Å²) in [5.41, 5.74) is 0. The average Bonchev–Trinajstić information content (AvgIpc) is 2.78. The third kappa shape index (κ3) is 5.50. The Morgan fingerprint density at radius 1 is 1.04 bits per heavy atom. The van der Waals surface area contributed by atoms with Crippen LogP contribution in [0.4, 0.5) is 0 Å². The minimum absolute atomic E-state index is 0.821. The van der Waals surface area contributed by atoms with Crippen molar-refractivity contribution in [2.45, 2.75) is 43.1 Å². The van der Waals surface area contributed by atoms with Gasteiger partial charge in [-0.1, -0.05) is 0 Å². The van der Waals surface area contributed by atoms with E-state index in [9.17, 15) is 39.3 Å². The molecule has 8 atom stereocenters. The molecule has 16 heteroatoms. The molecule has 2 aliphatic heterocycles. The normalized spacial score (nSPS) is 48.6. The topological polar surface area (TPSA) is 211 Å². The zero-order chi connectivity index (χ0) is 19.7. The van der Waals surface area contributed by atoms with Crippen molar-refractivity contribution in [3.63, 3.8) is 0 Å². The predicted octanol–water partition coefficient (Wildman–Crippen LogP) is -2.59. The van der Waals surface area contributed by atoms with Gasteiger partial charge in [-0.2, -0.15) is 0 Å². The van der Waals surface area contributed by atoms with E-state index in [1.165, 1.54) is 0 Å². The first-order valence-electron chi connectivity index (χ1n) is 7.18. The number of phosphoric ester groups is 2. The van der Waals surface area contributed by atoms with Crippen LogP contribution in [0.1, 0.15) is 0 Å². The number of methoxy groups -OCH3 is 1. The summed E-state index contributed by atoms with van der Waals surface area (Å²) >= 11 is 0. The summed E-state index contributed by atoms with van der Waals surface area (Å²) in [6.07, 6.45) is -12.4. The van der Waals surface area contributed by atoms with E-state index in [0.29, 0.717) is 0 Å². The fourth-order valence-electron chi connectivity index (χ4n) is 2.30. The molecule has 0 aliphatic carbocycles. The lowest BCUT2D eigenvalue weighted by Gasteiger charge is -2.31. The third-order valence-corrected chi connectivity index (χ3v) is 5.56. The van der Waals surface area contributed by atoms with Gasteiger partial charge in [0.2, 0.25) is 0 Å². The van der Waals surface area contributed by atoms with E-state index in [1.807, 2.05) is 0 Å². The molecule has 8 unspecified atom stereocenters. The van der Waals surface area contributed by atoms with Crippen LogP contribution < -0.4 is 0 Å². The first kappa shape index (κ1) is 22.3. The van der Waals surface area contributed by atoms with Crippen LogP contribution in [0.3, 0.4) is 0 Å². The summed E-state index contributed by atoms with van der Waals surface area (Å²) in [5, 5.41) is 37.9. The maximum atomic E-state index is 12.0. The first-order chi connectivity index (χ1) is 12.0. The van der Waals surface area contributed by atoms with Gasteiger partial charge in [-0.15, -0.1) is 0 Å². The smallest absolute Gasteiger partial charge is 0.385 e. The molecule has 0 saturated carbocycles. The fraction of sp³-hybridized carbons (Fsp3) is 1.00. The summed E-state index contributed by atoms with van der Waals surface area (Å²) in [7, 11) is -8.71. The average molecular weight is 426 g/mol. The fourth-order valence-corrected chi connectivity index (χ4v) is 4.21. The minimum Gasteiger partial charge on any atom is -0.385 e. The maximum absolute atomic E-state index is 12.0. The molecule has 2 aliphatic rings. The SMILES string of the molecule is COC1COP(=O)(O)OC2C(COP(=O)(O)OC1C(O)O)OC(O)C2O. The van der Waals surface area contributed by atoms with Crippen molar-refractivity contribution >= 4 is 15.6 Å². The maximum Gasteiger partial charge on any atom is 0.472 e. The highest BCUT2D eigenvalue weighted by Gasteiger charge is 2.49. The molecule has 0 bridgehead atoms. The van der Waals surface area contributed by atoms with Crippen LogP contribution >= 0.6 is 15.6 Å². The van der Waals surface area contributed by atoms with Gasteiger partial charge in [0.05, 0.1) is 13.2 Å². The molecule has 0 aromatic rings. The number of rotatable bonds is 2. The monoisotopic (exact) mass is 426 g/mol. The highest BCUT2D eigenvalue weighted by molar-refractivity contribution is 7.47. The molecule has 0 aromatic heterocycles. The van der Waals surface area contributed by atoms with E-state index in [-0.39, 0.29) is 0 Å². The lowest BCUT2D eigenvalue weighted by atomic mass is 10.1. The summed E-state index contributed by atoms with van der Waals surface area (Å²) in [6.45, 7) is -1.65. The zero-order valence-corrected chi connectivity index (χ0v) is 15.1. The highest BCUT2D eigenvalue weighted by Crippen LogP contribution is 2.50. The van der Waals surface area contributed by atoms with Gasteiger partial charge in [0, 0.05) is 7.11 Å². The lowest BCUT2D eigenvalue weighted by Crippen LogP contribution is -2.43. The lowest BCUT2D eigenvalue weighted by molar-refractivity contribution is -0.169. The highest BCUT2D eigenvalue weighted by atomic mass is 31.2. The summed E-state index contributed by atoms with van der Waals surface area (Å²) in [6, 6.07) is 0. The second-order valence-electron chi connectivity index (χ2n) is 5.41. The number of phosphoric acid groups is 2. The Labute approximate surface area is 147 Å². The molecular weight excluding hydrogens is 406 g/mol. The van der Waals surface area contributed by atoms with Crippen molar-refractivity contribution < 1.29 is 66.9 Å². The van der Waals surface area contributed by atoms with Crippen LogP contribution in [0.2, 0.25) is 0 Å².